The molecule has 1 atom stereocenters. The quantitative estimate of drug-likeness (QED) is 0.875. The highest BCUT2D eigenvalue weighted by atomic mass is 16.5. The van der Waals surface area contributed by atoms with Gasteiger partial charge < -0.3 is 15.2 Å². The molecule has 1 unspecified atom stereocenters. The van der Waals surface area contributed by atoms with Crippen molar-refractivity contribution in [3.63, 3.8) is 0 Å². The van der Waals surface area contributed by atoms with Crippen LogP contribution in [0.1, 0.15) is 45.2 Å². The number of ether oxygens (including phenoxy) is 2. The van der Waals surface area contributed by atoms with E-state index in [1.165, 1.54) is 5.56 Å². The van der Waals surface area contributed by atoms with Crippen molar-refractivity contribution >= 4 is 0 Å². The van der Waals surface area contributed by atoms with E-state index in [1.54, 1.807) is 0 Å². The van der Waals surface area contributed by atoms with Crippen LogP contribution in [0.15, 0.2) is 18.2 Å². The normalized spacial score (nSPS) is 16.1. The Bertz CT molecular complexity index is 448. The summed E-state index contributed by atoms with van der Waals surface area (Å²) in [5.74, 6) is 1.70. The first-order valence-corrected chi connectivity index (χ1v) is 8.02. The molecule has 0 aliphatic carbocycles. The zero-order valence-electron chi connectivity index (χ0n) is 13.5. The average molecular weight is 292 g/mol. The van der Waals surface area contributed by atoms with E-state index in [1.807, 2.05) is 6.07 Å². The Morgan fingerprint density at radius 1 is 1.19 bits per heavy atom. The van der Waals surface area contributed by atoms with Crippen LogP contribution in [0.2, 0.25) is 0 Å². The predicted molar refractivity (Wildman–Crippen MR) is 86.0 cm³/mol. The van der Waals surface area contributed by atoms with Gasteiger partial charge in [-0.2, -0.15) is 0 Å². The van der Waals surface area contributed by atoms with Gasteiger partial charge in [-0.05, 0) is 44.5 Å². The minimum absolute atomic E-state index is 0.224. The van der Waals surface area contributed by atoms with Crippen molar-refractivity contribution in [2.45, 2.75) is 45.7 Å². The number of nitrogens with zero attached hydrogens (tertiary/aromatic N) is 1. The molecule has 0 saturated carbocycles. The highest BCUT2D eigenvalue weighted by Gasteiger charge is 2.22. The van der Waals surface area contributed by atoms with Crippen LogP contribution in [-0.2, 0) is 0 Å². The minimum Gasteiger partial charge on any atom is -0.490 e. The lowest BCUT2D eigenvalue weighted by molar-refractivity contribution is 0.157. The lowest BCUT2D eigenvalue weighted by Gasteiger charge is -2.34. The molecule has 4 nitrogen and oxygen atoms in total. The van der Waals surface area contributed by atoms with Crippen LogP contribution in [0.3, 0.4) is 0 Å². The van der Waals surface area contributed by atoms with Crippen LogP contribution in [0.5, 0.6) is 11.5 Å². The smallest absolute Gasteiger partial charge is 0.161 e. The van der Waals surface area contributed by atoms with E-state index < -0.39 is 0 Å². The maximum Gasteiger partial charge on any atom is 0.161 e. The maximum atomic E-state index is 6.07. The Balaban J connectivity index is 2.27. The molecule has 0 saturated heterocycles. The molecule has 1 aromatic carbocycles. The summed E-state index contributed by atoms with van der Waals surface area (Å²) in [7, 11) is 0. The van der Waals surface area contributed by atoms with Gasteiger partial charge in [0.1, 0.15) is 0 Å². The first kappa shape index (κ1) is 16.1. The van der Waals surface area contributed by atoms with E-state index in [0.717, 1.165) is 37.5 Å². The van der Waals surface area contributed by atoms with Crippen LogP contribution >= 0.6 is 0 Å². The second-order valence-corrected chi connectivity index (χ2v) is 5.84. The molecule has 21 heavy (non-hydrogen) atoms. The largest absolute Gasteiger partial charge is 0.490 e. The van der Waals surface area contributed by atoms with Crippen LogP contribution in [-0.4, -0.2) is 37.2 Å². The molecular weight excluding hydrogens is 264 g/mol. The summed E-state index contributed by atoms with van der Waals surface area (Å²) in [6.45, 7) is 9.75. The average Bonchev–Trinajstić information content (AvgIpc) is 2.71. The Morgan fingerprint density at radius 3 is 2.52 bits per heavy atom. The van der Waals surface area contributed by atoms with Crippen LogP contribution in [0.4, 0.5) is 0 Å². The van der Waals surface area contributed by atoms with Crippen molar-refractivity contribution in [3.8, 4) is 11.5 Å². The highest BCUT2D eigenvalue weighted by molar-refractivity contribution is 5.44. The summed E-state index contributed by atoms with van der Waals surface area (Å²) < 4.78 is 11.5. The number of fused-ring (bicyclic) bond motifs is 1. The van der Waals surface area contributed by atoms with Gasteiger partial charge in [-0.25, -0.2) is 0 Å². The zero-order chi connectivity index (χ0) is 15.2. The first-order chi connectivity index (χ1) is 10.2. The van der Waals surface area contributed by atoms with Crippen LogP contribution in [0, 0.1) is 0 Å². The lowest BCUT2D eigenvalue weighted by Crippen LogP contribution is -2.39. The van der Waals surface area contributed by atoms with Crippen LogP contribution in [0.25, 0.3) is 0 Å². The summed E-state index contributed by atoms with van der Waals surface area (Å²) in [5, 5.41) is 0. The maximum absolute atomic E-state index is 6.07. The fraction of sp³-hybridized carbons (Fsp3) is 0.647. The molecule has 1 aromatic rings. The van der Waals surface area contributed by atoms with E-state index in [2.05, 4.69) is 37.8 Å². The van der Waals surface area contributed by atoms with Crippen LogP contribution < -0.4 is 15.2 Å². The number of rotatable bonds is 6. The summed E-state index contributed by atoms with van der Waals surface area (Å²) >= 11 is 0. The molecule has 0 fully saturated rings. The van der Waals surface area contributed by atoms with Crippen molar-refractivity contribution in [1.29, 1.82) is 0 Å². The Kier molecular flexibility index (Phi) is 5.88. The van der Waals surface area contributed by atoms with Gasteiger partial charge in [0.25, 0.3) is 0 Å². The van der Waals surface area contributed by atoms with E-state index in [-0.39, 0.29) is 6.04 Å². The predicted octanol–water partition coefficient (Wildman–Crippen LogP) is 2.97. The van der Waals surface area contributed by atoms with Crippen molar-refractivity contribution in [2.24, 2.45) is 5.73 Å². The number of nitrogens with two attached hydrogens (primary N) is 1. The summed E-state index contributed by atoms with van der Waals surface area (Å²) in [5.41, 5.74) is 7.28. The van der Waals surface area contributed by atoms with Gasteiger partial charge in [-0.1, -0.05) is 13.0 Å². The van der Waals surface area contributed by atoms with Gasteiger partial charge in [-0.3, -0.25) is 4.90 Å². The third-order valence-electron chi connectivity index (χ3n) is 3.93. The Labute approximate surface area is 128 Å². The van der Waals surface area contributed by atoms with Gasteiger partial charge in [-0.15, -0.1) is 0 Å². The molecule has 118 valence electrons. The van der Waals surface area contributed by atoms with E-state index in [0.29, 0.717) is 19.2 Å². The van der Waals surface area contributed by atoms with Crippen molar-refractivity contribution in [1.82, 2.24) is 4.90 Å². The molecule has 0 aromatic heterocycles. The SMILES string of the molecule is CCCN(C(C)C)C(CN)c1ccc2c(c1)OCCCO2. The Morgan fingerprint density at radius 2 is 1.90 bits per heavy atom. The van der Waals surface area contributed by atoms with Gasteiger partial charge in [0.15, 0.2) is 11.5 Å². The van der Waals surface area contributed by atoms with Crippen molar-refractivity contribution in [3.05, 3.63) is 23.8 Å². The molecule has 0 spiro atoms. The van der Waals surface area contributed by atoms with Gasteiger partial charge in [0.05, 0.1) is 13.2 Å². The van der Waals surface area contributed by atoms with Crippen molar-refractivity contribution < 1.29 is 9.47 Å². The molecular formula is C17H28N2O2. The van der Waals surface area contributed by atoms with Crippen molar-refractivity contribution in [2.75, 3.05) is 26.3 Å². The van der Waals surface area contributed by atoms with Gasteiger partial charge in [0, 0.05) is 25.0 Å². The minimum atomic E-state index is 0.224. The fourth-order valence-corrected chi connectivity index (χ4v) is 2.88. The lowest BCUT2D eigenvalue weighted by atomic mass is 10.0. The number of hydrogen-bond donors (Lipinski definition) is 1. The van der Waals surface area contributed by atoms with Gasteiger partial charge >= 0.3 is 0 Å². The topological polar surface area (TPSA) is 47.7 Å². The number of hydrogen-bond acceptors (Lipinski definition) is 4. The zero-order valence-corrected chi connectivity index (χ0v) is 13.5. The third kappa shape index (κ3) is 3.89. The third-order valence-corrected chi connectivity index (χ3v) is 3.93. The molecule has 1 aliphatic heterocycles. The monoisotopic (exact) mass is 292 g/mol. The molecule has 2 N–H and O–H groups in total. The number of benzene rings is 1. The van der Waals surface area contributed by atoms with Gasteiger partial charge in [0.2, 0.25) is 0 Å². The molecule has 0 bridgehead atoms. The molecule has 1 heterocycles. The molecule has 0 amide bonds. The van der Waals surface area contributed by atoms with E-state index in [4.69, 9.17) is 15.2 Å². The first-order valence-electron chi connectivity index (χ1n) is 8.02. The summed E-state index contributed by atoms with van der Waals surface area (Å²) in [6.07, 6.45) is 2.05. The Hall–Kier alpha value is -1.26. The summed E-state index contributed by atoms with van der Waals surface area (Å²) in [4.78, 5) is 2.46. The highest BCUT2D eigenvalue weighted by Crippen LogP contribution is 2.34. The molecule has 2 rings (SSSR count). The summed E-state index contributed by atoms with van der Waals surface area (Å²) in [6, 6.07) is 6.93. The molecule has 1 aliphatic rings. The standard InChI is InChI=1S/C17H28N2O2/c1-4-8-19(13(2)3)15(12-18)14-6-7-16-17(11-14)21-10-5-9-20-16/h6-7,11,13,15H,4-5,8-10,12,18H2,1-3H3. The fourth-order valence-electron chi connectivity index (χ4n) is 2.88. The second kappa shape index (κ2) is 7.66. The van der Waals surface area contributed by atoms with E-state index in [9.17, 15) is 0 Å². The molecule has 4 heteroatoms. The second-order valence-electron chi connectivity index (χ2n) is 5.84. The van der Waals surface area contributed by atoms with E-state index >= 15 is 0 Å². The molecule has 0 radical (unpaired) electrons.